The summed E-state index contributed by atoms with van der Waals surface area (Å²) in [4.78, 5) is 11.3. The molecule has 17 heavy (non-hydrogen) atoms. The van der Waals surface area contributed by atoms with E-state index in [9.17, 15) is 13.2 Å². The van der Waals surface area contributed by atoms with E-state index in [1.54, 1.807) is 7.05 Å². The molecule has 0 aromatic carbocycles. The maximum Gasteiger partial charge on any atom is 0.325 e. The van der Waals surface area contributed by atoms with E-state index in [0.717, 1.165) is 12.8 Å². The summed E-state index contributed by atoms with van der Waals surface area (Å²) in [6, 6.07) is -0.0582. The third-order valence-electron chi connectivity index (χ3n) is 3.07. The van der Waals surface area contributed by atoms with Gasteiger partial charge in [0.15, 0.2) is 5.25 Å². The molecule has 2 atom stereocenters. The van der Waals surface area contributed by atoms with Crippen LogP contribution in [0.25, 0.3) is 0 Å². The molecule has 1 fully saturated rings. The maximum absolute atomic E-state index is 12.2. The van der Waals surface area contributed by atoms with Gasteiger partial charge in [-0.05, 0) is 26.8 Å². The largest absolute Gasteiger partial charge is 0.468 e. The van der Waals surface area contributed by atoms with Gasteiger partial charge >= 0.3 is 5.97 Å². The molecule has 1 heterocycles. The summed E-state index contributed by atoms with van der Waals surface area (Å²) in [6.45, 7) is 2.46. The summed E-state index contributed by atoms with van der Waals surface area (Å²) in [5, 5.41) is 1.84. The summed E-state index contributed by atoms with van der Waals surface area (Å²) >= 11 is 0. The third kappa shape index (κ3) is 2.97. The van der Waals surface area contributed by atoms with Gasteiger partial charge in [0.2, 0.25) is 10.0 Å². The molecule has 0 aliphatic carbocycles. The highest BCUT2D eigenvalue weighted by atomic mass is 32.2. The van der Waals surface area contributed by atoms with E-state index in [2.05, 4.69) is 10.1 Å². The van der Waals surface area contributed by atoms with Gasteiger partial charge in [0, 0.05) is 19.1 Å². The van der Waals surface area contributed by atoms with E-state index in [4.69, 9.17) is 0 Å². The number of likely N-dealkylation sites (N-methyl/N-ethyl adjacent to an activating group) is 1. The van der Waals surface area contributed by atoms with Crippen LogP contribution in [-0.4, -0.2) is 57.2 Å². The minimum atomic E-state index is -3.60. The first-order valence-corrected chi connectivity index (χ1v) is 7.18. The summed E-state index contributed by atoms with van der Waals surface area (Å²) < 4.78 is 30.3. The Labute approximate surface area is 102 Å². The number of hydrogen-bond donors (Lipinski definition) is 1. The van der Waals surface area contributed by atoms with Crippen molar-refractivity contribution in [3.8, 4) is 0 Å². The minimum absolute atomic E-state index is 0.0582. The zero-order chi connectivity index (χ0) is 13.1. The SMILES string of the molecule is CNCC1CCCN1S(=O)(=O)C(C)C(=O)OC. The van der Waals surface area contributed by atoms with Crippen molar-refractivity contribution < 1.29 is 17.9 Å². The predicted molar refractivity (Wildman–Crippen MR) is 64.1 cm³/mol. The number of nitrogens with zero attached hydrogens (tertiary/aromatic N) is 1. The number of ether oxygens (including phenoxy) is 1. The fraction of sp³-hybridized carbons (Fsp3) is 0.900. The zero-order valence-electron chi connectivity index (χ0n) is 10.5. The van der Waals surface area contributed by atoms with Crippen LogP contribution in [0, 0.1) is 0 Å². The molecule has 1 aliphatic heterocycles. The van der Waals surface area contributed by atoms with E-state index in [1.165, 1.54) is 18.3 Å². The number of nitrogens with one attached hydrogen (secondary N) is 1. The number of methoxy groups -OCH3 is 1. The molecule has 0 bridgehead atoms. The lowest BCUT2D eigenvalue weighted by molar-refractivity contribution is -0.139. The molecule has 0 spiro atoms. The summed E-state index contributed by atoms with van der Waals surface area (Å²) in [7, 11) is -0.620. The van der Waals surface area contributed by atoms with Gasteiger partial charge in [-0.3, -0.25) is 4.79 Å². The van der Waals surface area contributed by atoms with E-state index in [0.29, 0.717) is 13.1 Å². The predicted octanol–water partition coefficient (Wildman–Crippen LogP) is -0.438. The molecule has 0 saturated carbocycles. The Kier molecular flexibility index (Phi) is 4.91. The van der Waals surface area contributed by atoms with Gasteiger partial charge < -0.3 is 10.1 Å². The van der Waals surface area contributed by atoms with Crippen LogP contribution in [0.3, 0.4) is 0 Å². The molecular formula is C10H20N2O4S. The Balaban J connectivity index is 2.86. The topological polar surface area (TPSA) is 75.7 Å². The average molecular weight is 264 g/mol. The number of rotatable bonds is 5. The Bertz CT molecular complexity index is 369. The standard InChI is InChI=1S/C10H20N2O4S/c1-8(10(13)16-3)17(14,15)12-6-4-5-9(12)7-11-2/h8-9,11H,4-7H2,1-3H3. The van der Waals surface area contributed by atoms with Crippen molar-refractivity contribution in [2.75, 3.05) is 27.2 Å². The lowest BCUT2D eigenvalue weighted by Gasteiger charge is -2.26. The first-order valence-electron chi connectivity index (χ1n) is 5.68. The number of esters is 1. The molecule has 1 saturated heterocycles. The number of carbonyl (C=O) groups is 1. The van der Waals surface area contributed by atoms with Gasteiger partial charge in [0.25, 0.3) is 0 Å². The molecule has 2 unspecified atom stereocenters. The van der Waals surface area contributed by atoms with Gasteiger partial charge in [0.1, 0.15) is 0 Å². The first kappa shape index (κ1) is 14.4. The molecular weight excluding hydrogens is 244 g/mol. The fourth-order valence-electron chi connectivity index (χ4n) is 2.07. The highest BCUT2D eigenvalue weighted by Crippen LogP contribution is 2.23. The van der Waals surface area contributed by atoms with Gasteiger partial charge in [-0.2, -0.15) is 4.31 Å². The highest BCUT2D eigenvalue weighted by molar-refractivity contribution is 7.90. The van der Waals surface area contributed by atoms with E-state index >= 15 is 0 Å². The zero-order valence-corrected chi connectivity index (χ0v) is 11.3. The van der Waals surface area contributed by atoms with Gasteiger partial charge in [-0.15, -0.1) is 0 Å². The van der Waals surface area contributed by atoms with Crippen LogP contribution in [0.2, 0.25) is 0 Å². The van der Waals surface area contributed by atoms with E-state index in [1.807, 2.05) is 0 Å². The quantitative estimate of drug-likeness (QED) is 0.681. The van der Waals surface area contributed by atoms with Gasteiger partial charge in [-0.1, -0.05) is 0 Å². The Morgan fingerprint density at radius 2 is 2.24 bits per heavy atom. The van der Waals surface area contributed by atoms with E-state index < -0.39 is 21.2 Å². The lowest BCUT2D eigenvalue weighted by atomic mass is 10.2. The fourth-order valence-corrected chi connectivity index (χ4v) is 3.80. The summed E-state index contributed by atoms with van der Waals surface area (Å²) in [5.41, 5.74) is 0. The molecule has 1 aliphatic rings. The summed E-state index contributed by atoms with van der Waals surface area (Å²) in [5.74, 6) is -0.708. The summed E-state index contributed by atoms with van der Waals surface area (Å²) in [6.07, 6.45) is 1.66. The van der Waals surface area contributed by atoms with Crippen molar-refractivity contribution in [3.63, 3.8) is 0 Å². The number of sulfonamides is 1. The molecule has 1 N–H and O–H groups in total. The Morgan fingerprint density at radius 3 is 2.76 bits per heavy atom. The Hall–Kier alpha value is -0.660. The van der Waals surface area contributed by atoms with Crippen LogP contribution in [0.5, 0.6) is 0 Å². The third-order valence-corrected chi connectivity index (χ3v) is 5.29. The van der Waals surface area contributed by atoms with Crippen molar-refractivity contribution >= 4 is 16.0 Å². The van der Waals surface area contributed by atoms with Gasteiger partial charge in [-0.25, -0.2) is 8.42 Å². The van der Waals surface area contributed by atoms with Crippen molar-refractivity contribution in [3.05, 3.63) is 0 Å². The van der Waals surface area contributed by atoms with Crippen LogP contribution in [-0.2, 0) is 19.6 Å². The maximum atomic E-state index is 12.2. The molecule has 1 rings (SSSR count). The van der Waals surface area contributed by atoms with Crippen LogP contribution < -0.4 is 5.32 Å². The van der Waals surface area contributed by atoms with Crippen molar-refractivity contribution in [2.24, 2.45) is 0 Å². The highest BCUT2D eigenvalue weighted by Gasteiger charge is 2.40. The molecule has 7 heteroatoms. The lowest BCUT2D eigenvalue weighted by Crippen LogP contribution is -2.46. The normalized spacial score (nSPS) is 23.6. The second-order valence-corrected chi connectivity index (χ2v) is 6.38. The molecule has 0 aromatic rings. The van der Waals surface area contributed by atoms with Crippen molar-refractivity contribution in [1.29, 1.82) is 0 Å². The molecule has 0 aromatic heterocycles. The van der Waals surface area contributed by atoms with Gasteiger partial charge in [0.05, 0.1) is 7.11 Å². The van der Waals surface area contributed by atoms with Crippen LogP contribution in [0.1, 0.15) is 19.8 Å². The van der Waals surface area contributed by atoms with Crippen LogP contribution in [0.4, 0.5) is 0 Å². The molecule has 6 nitrogen and oxygen atoms in total. The smallest absolute Gasteiger partial charge is 0.325 e. The average Bonchev–Trinajstić information content (AvgIpc) is 2.76. The molecule has 0 radical (unpaired) electrons. The van der Waals surface area contributed by atoms with E-state index in [-0.39, 0.29) is 6.04 Å². The monoisotopic (exact) mass is 264 g/mol. The second-order valence-electron chi connectivity index (χ2n) is 4.17. The second kappa shape index (κ2) is 5.79. The van der Waals surface area contributed by atoms with Crippen molar-refractivity contribution in [1.82, 2.24) is 9.62 Å². The molecule has 0 amide bonds. The number of carbonyl (C=O) groups excluding carboxylic acids is 1. The van der Waals surface area contributed by atoms with Crippen LogP contribution in [0.15, 0.2) is 0 Å². The van der Waals surface area contributed by atoms with Crippen LogP contribution >= 0.6 is 0 Å². The minimum Gasteiger partial charge on any atom is -0.468 e. The first-order chi connectivity index (χ1) is 7.95. The molecule has 100 valence electrons. The Morgan fingerprint density at radius 1 is 1.59 bits per heavy atom. The number of hydrogen-bond acceptors (Lipinski definition) is 5. The van der Waals surface area contributed by atoms with Crippen molar-refractivity contribution in [2.45, 2.75) is 31.1 Å².